The maximum absolute atomic E-state index is 12.8. The lowest BCUT2D eigenvalue weighted by molar-refractivity contribution is -0.384. The van der Waals surface area contributed by atoms with Crippen LogP contribution in [0.2, 0.25) is 10.0 Å². The zero-order valence-electron chi connectivity index (χ0n) is 17.9. The van der Waals surface area contributed by atoms with Crippen LogP contribution < -0.4 is 5.32 Å². The highest BCUT2D eigenvalue weighted by Gasteiger charge is 2.36. The molecule has 2 heterocycles. The molecule has 0 spiro atoms. The number of nitrogens with one attached hydrogen (secondary N) is 1. The molecule has 0 atom stereocenters. The highest BCUT2D eigenvalue weighted by atomic mass is 35.5. The van der Waals surface area contributed by atoms with Crippen molar-refractivity contribution in [2.24, 2.45) is 0 Å². The zero-order valence-corrected chi connectivity index (χ0v) is 20.2. The summed E-state index contributed by atoms with van der Waals surface area (Å²) in [4.78, 5) is 49.0. The second-order valence-electron chi connectivity index (χ2n) is 7.40. The van der Waals surface area contributed by atoms with Gasteiger partial charge in [0.25, 0.3) is 16.8 Å². The molecule has 1 aromatic heterocycles. The average molecular weight is 532 g/mol. The van der Waals surface area contributed by atoms with Gasteiger partial charge in [0, 0.05) is 34.5 Å². The maximum Gasteiger partial charge on any atom is 0.294 e. The number of aryl methyl sites for hydroxylation is 1. The van der Waals surface area contributed by atoms with Gasteiger partial charge < -0.3 is 9.73 Å². The second-order valence-corrected chi connectivity index (χ2v) is 9.24. The highest BCUT2D eigenvalue weighted by Crippen LogP contribution is 2.35. The molecule has 0 unspecified atom stereocenters. The summed E-state index contributed by atoms with van der Waals surface area (Å²) in [6.45, 7) is 1.31. The summed E-state index contributed by atoms with van der Waals surface area (Å²) in [5.41, 5.74) is 1.40. The number of carbonyl (C=O) groups excluding carboxylic acids is 3. The van der Waals surface area contributed by atoms with E-state index in [0.717, 1.165) is 10.5 Å². The largest absolute Gasteiger partial charge is 0.457 e. The third kappa shape index (κ3) is 5.40. The van der Waals surface area contributed by atoms with Gasteiger partial charge >= 0.3 is 0 Å². The van der Waals surface area contributed by atoms with Crippen LogP contribution in [0.4, 0.5) is 16.2 Å². The third-order valence-electron chi connectivity index (χ3n) is 4.98. The summed E-state index contributed by atoms with van der Waals surface area (Å²) >= 11 is 12.8. The average Bonchev–Trinajstić information content (AvgIpc) is 3.36. The molecule has 1 saturated heterocycles. The molecule has 178 valence electrons. The molecule has 1 aliphatic heterocycles. The molecule has 3 amide bonds. The summed E-state index contributed by atoms with van der Waals surface area (Å²) in [7, 11) is 0. The minimum atomic E-state index is -0.649. The third-order valence-corrected chi connectivity index (χ3v) is 6.45. The van der Waals surface area contributed by atoms with E-state index >= 15 is 0 Å². The first-order chi connectivity index (χ1) is 16.6. The first-order valence-corrected chi connectivity index (χ1v) is 11.5. The number of nitrogens with zero attached hydrogens (tertiary/aromatic N) is 2. The number of imide groups is 1. The first-order valence-electron chi connectivity index (χ1n) is 9.98. The molecule has 3 aromatic rings. The number of furan rings is 1. The fourth-order valence-corrected chi connectivity index (χ4v) is 4.42. The zero-order chi connectivity index (χ0) is 25.3. The predicted molar refractivity (Wildman–Crippen MR) is 133 cm³/mol. The van der Waals surface area contributed by atoms with Crippen molar-refractivity contribution in [2.75, 3.05) is 11.9 Å². The van der Waals surface area contributed by atoms with Gasteiger partial charge in [-0.3, -0.25) is 29.4 Å². The van der Waals surface area contributed by atoms with Gasteiger partial charge in [-0.05, 0) is 54.6 Å². The van der Waals surface area contributed by atoms with Crippen molar-refractivity contribution in [1.29, 1.82) is 0 Å². The summed E-state index contributed by atoms with van der Waals surface area (Å²) in [5.74, 6) is -0.726. The minimum Gasteiger partial charge on any atom is -0.457 e. The number of amides is 3. The molecular weight excluding hydrogens is 517 g/mol. The van der Waals surface area contributed by atoms with Crippen molar-refractivity contribution >= 4 is 69.5 Å². The van der Waals surface area contributed by atoms with E-state index < -0.39 is 28.5 Å². The molecule has 0 bridgehead atoms. The van der Waals surface area contributed by atoms with Gasteiger partial charge in [-0.25, -0.2) is 0 Å². The van der Waals surface area contributed by atoms with Crippen LogP contribution in [0.15, 0.2) is 57.9 Å². The maximum atomic E-state index is 12.8. The van der Waals surface area contributed by atoms with Crippen molar-refractivity contribution in [3.8, 4) is 11.3 Å². The fraction of sp³-hybridized carbons (Fsp3) is 0.0870. The number of nitro groups is 1. The second kappa shape index (κ2) is 9.95. The number of non-ortho nitro benzene ring substituents is 1. The Hall–Kier alpha value is -3.60. The predicted octanol–water partition coefficient (Wildman–Crippen LogP) is 6.15. The van der Waals surface area contributed by atoms with Gasteiger partial charge in [-0.15, -0.1) is 0 Å². The van der Waals surface area contributed by atoms with E-state index in [2.05, 4.69) is 5.32 Å². The van der Waals surface area contributed by atoms with E-state index in [9.17, 15) is 24.5 Å². The monoisotopic (exact) mass is 531 g/mol. The standard InChI is InChI=1S/C23H15Cl2N3O6S/c1-12-2-3-13(24)8-18(12)26-21(29)11-27-22(30)20(35-23(27)31)10-15-5-7-19(34-15)16-9-14(28(32)33)4-6-17(16)25/h2-10H,11H2,1H3,(H,26,29)/b20-10+. The quantitative estimate of drug-likeness (QED) is 0.230. The van der Waals surface area contributed by atoms with Crippen LogP contribution in [0.25, 0.3) is 17.4 Å². The normalized spacial score (nSPS) is 14.6. The number of rotatable bonds is 6. The van der Waals surface area contributed by atoms with Gasteiger partial charge in [0.1, 0.15) is 18.1 Å². The van der Waals surface area contributed by atoms with E-state index in [0.29, 0.717) is 28.0 Å². The van der Waals surface area contributed by atoms with Crippen LogP contribution in [-0.4, -0.2) is 33.4 Å². The first kappa shape index (κ1) is 24.5. The van der Waals surface area contributed by atoms with E-state index in [1.165, 1.54) is 30.3 Å². The van der Waals surface area contributed by atoms with Crippen molar-refractivity contribution < 1.29 is 23.7 Å². The Bertz CT molecular complexity index is 1420. The van der Waals surface area contributed by atoms with Crippen molar-refractivity contribution in [3.05, 3.63) is 84.9 Å². The van der Waals surface area contributed by atoms with Crippen LogP contribution in [0.5, 0.6) is 0 Å². The molecule has 0 saturated carbocycles. The van der Waals surface area contributed by atoms with Crippen LogP contribution >= 0.6 is 35.0 Å². The van der Waals surface area contributed by atoms with Crippen molar-refractivity contribution in [2.45, 2.75) is 6.92 Å². The lowest BCUT2D eigenvalue weighted by Gasteiger charge is -2.13. The number of hydrogen-bond acceptors (Lipinski definition) is 7. The summed E-state index contributed by atoms with van der Waals surface area (Å²) < 4.78 is 5.68. The van der Waals surface area contributed by atoms with Crippen LogP contribution in [0.3, 0.4) is 0 Å². The van der Waals surface area contributed by atoms with Crippen molar-refractivity contribution in [3.63, 3.8) is 0 Å². The van der Waals surface area contributed by atoms with Crippen LogP contribution in [0, 0.1) is 17.0 Å². The molecule has 35 heavy (non-hydrogen) atoms. The molecule has 0 aliphatic carbocycles. The molecule has 2 aromatic carbocycles. The number of anilines is 1. The molecule has 0 radical (unpaired) electrons. The number of carbonyl (C=O) groups is 3. The lowest BCUT2D eigenvalue weighted by Crippen LogP contribution is -2.36. The van der Waals surface area contributed by atoms with E-state index in [1.54, 1.807) is 31.2 Å². The van der Waals surface area contributed by atoms with E-state index in [-0.39, 0.29) is 27.1 Å². The number of hydrogen-bond donors (Lipinski definition) is 1. The minimum absolute atomic E-state index is 0.0628. The molecule has 1 N–H and O–H groups in total. The van der Waals surface area contributed by atoms with Gasteiger partial charge in [0.05, 0.1) is 14.9 Å². The van der Waals surface area contributed by atoms with Crippen molar-refractivity contribution in [1.82, 2.24) is 4.90 Å². The fourth-order valence-electron chi connectivity index (χ4n) is 3.22. The molecule has 1 aliphatic rings. The Labute approximate surface area is 212 Å². The Morgan fingerprint density at radius 3 is 2.69 bits per heavy atom. The molecule has 4 rings (SSSR count). The highest BCUT2D eigenvalue weighted by molar-refractivity contribution is 8.18. The number of benzene rings is 2. The SMILES string of the molecule is Cc1ccc(Cl)cc1NC(=O)CN1C(=O)S/C(=C/c2ccc(-c3cc([N+](=O)[O-])ccc3Cl)o2)C1=O. The molecule has 9 nitrogen and oxygen atoms in total. The lowest BCUT2D eigenvalue weighted by atomic mass is 10.1. The molecule has 12 heteroatoms. The number of halogens is 2. The summed E-state index contributed by atoms with van der Waals surface area (Å²) in [5, 5.41) is 13.8. The Kier molecular flexibility index (Phi) is 6.97. The Morgan fingerprint density at radius 1 is 1.17 bits per heavy atom. The Balaban J connectivity index is 1.49. The van der Waals surface area contributed by atoms with Crippen LogP contribution in [0.1, 0.15) is 11.3 Å². The van der Waals surface area contributed by atoms with Crippen LogP contribution in [-0.2, 0) is 9.59 Å². The molecule has 1 fully saturated rings. The van der Waals surface area contributed by atoms with Gasteiger partial charge in [-0.2, -0.15) is 0 Å². The molecular formula is C23H15Cl2N3O6S. The topological polar surface area (TPSA) is 123 Å². The van der Waals surface area contributed by atoms with E-state index in [1.807, 2.05) is 0 Å². The van der Waals surface area contributed by atoms with E-state index in [4.69, 9.17) is 27.6 Å². The summed E-state index contributed by atoms with van der Waals surface area (Å²) in [6.07, 6.45) is 1.36. The Morgan fingerprint density at radius 2 is 1.94 bits per heavy atom. The van der Waals surface area contributed by atoms with Gasteiger partial charge in [0.15, 0.2) is 0 Å². The summed E-state index contributed by atoms with van der Waals surface area (Å²) in [6, 6.07) is 12.0. The van der Waals surface area contributed by atoms with Gasteiger partial charge in [-0.1, -0.05) is 29.3 Å². The number of nitro benzene ring substituents is 1. The number of thioether (sulfide) groups is 1. The smallest absolute Gasteiger partial charge is 0.294 e. The van der Waals surface area contributed by atoms with Gasteiger partial charge in [0.2, 0.25) is 5.91 Å².